The number of fused-ring (bicyclic) bond motifs is 2. The number of para-hydroxylation sites is 1. The fourth-order valence-electron chi connectivity index (χ4n) is 8.46. The number of aryl methyl sites for hydroxylation is 1. The van der Waals surface area contributed by atoms with Crippen LogP contribution in [0.15, 0.2) is 72.8 Å². The molecular formula is C39H50N2O3S. The Kier molecular flexibility index (Phi) is 11.0. The molecule has 0 saturated heterocycles. The van der Waals surface area contributed by atoms with E-state index in [0.29, 0.717) is 23.2 Å². The number of nitrogens with one attached hydrogen (secondary N) is 1. The lowest BCUT2D eigenvalue weighted by molar-refractivity contribution is -0.139. The lowest BCUT2D eigenvalue weighted by Crippen LogP contribution is -2.41. The highest BCUT2D eigenvalue weighted by Crippen LogP contribution is 2.54. The van der Waals surface area contributed by atoms with Crippen LogP contribution in [-0.2, 0) is 11.3 Å². The molecule has 2 aliphatic carbocycles. The quantitative estimate of drug-likeness (QED) is 0.198. The van der Waals surface area contributed by atoms with Crippen LogP contribution in [-0.4, -0.2) is 41.6 Å². The number of carboxylic acid groups (broad SMARTS) is 1. The Bertz CT molecular complexity index is 1440. The van der Waals surface area contributed by atoms with Gasteiger partial charge in [-0.3, -0.25) is 4.79 Å². The van der Waals surface area contributed by atoms with Crippen molar-refractivity contribution in [1.82, 2.24) is 5.32 Å². The molecule has 3 aromatic rings. The molecule has 2 N–H and O–H groups in total. The van der Waals surface area contributed by atoms with Crippen LogP contribution in [0.4, 0.5) is 5.69 Å². The molecule has 3 aromatic carbocycles. The summed E-state index contributed by atoms with van der Waals surface area (Å²) in [5.41, 5.74) is 6.20. The fourth-order valence-corrected chi connectivity index (χ4v) is 8.93. The van der Waals surface area contributed by atoms with Crippen molar-refractivity contribution in [2.45, 2.75) is 78.3 Å². The number of hydrogen-bond donors (Lipinski definition) is 2. The zero-order valence-electron chi connectivity index (χ0n) is 27.4. The molecule has 2 saturated carbocycles. The van der Waals surface area contributed by atoms with Gasteiger partial charge in [0.2, 0.25) is 0 Å². The smallest absolute Gasteiger partial charge is 0.326 e. The fraction of sp³-hybridized carbons (Fsp3) is 0.487. The first-order chi connectivity index (χ1) is 21.7. The third-order valence-corrected chi connectivity index (χ3v) is 10.8. The molecule has 5 rings (SSSR count). The summed E-state index contributed by atoms with van der Waals surface area (Å²) in [5.74, 6) is 1.79. The van der Waals surface area contributed by atoms with Crippen LogP contribution in [0, 0.1) is 30.1 Å². The predicted octanol–water partition coefficient (Wildman–Crippen LogP) is 8.85. The SMILES string of the molecule is CSCCC(NC(=O)c1ccc(CN(CCC23CC(C)CC(CC(C)C2)C3)c2ccccc2)cc1-c1ccccc1C)C(=O)O. The van der Waals surface area contributed by atoms with Gasteiger partial charge in [0.05, 0.1) is 0 Å². The van der Waals surface area contributed by atoms with Gasteiger partial charge in [0.15, 0.2) is 0 Å². The van der Waals surface area contributed by atoms with Crippen LogP contribution >= 0.6 is 11.8 Å². The zero-order valence-corrected chi connectivity index (χ0v) is 28.2. The maximum absolute atomic E-state index is 13.6. The Morgan fingerprint density at radius 2 is 1.64 bits per heavy atom. The van der Waals surface area contributed by atoms with Crippen LogP contribution in [0.1, 0.15) is 80.3 Å². The third-order valence-electron chi connectivity index (χ3n) is 10.1. The molecule has 45 heavy (non-hydrogen) atoms. The summed E-state index contributed by atoms with van der Waals surface area (Å²) in [6, 6.07) is 24.0. The number of carbonyl (C=O) groups is 2. The molecule has 3 atom stereocenters. The number of rotatable bonds is 13. The summed E-state index contributed by atoms with van der Waals surface area (Å²) in [6.07, 6.45) is 10.4. The van der Waals surface area contributed by atoms with Gasteiger partial charge in [0.1, 0.15) is 6.04 Å². The van der Waals surface area contributed by atoms with Gasteiger partial charge in [0, 0.05) is 24.3 Å². The van der Waals surface area contributed by atoms with Crippen molar-refractivity contribution in [3.05, 3.63) is 89.5 Å². The molecule has 0 aliphatic heterocycles. The zero-order chi connectivity index (χ0) is 32.0. The van der Waals surface area contributed by atoms with Crippen LogP contribution in [0.5, 0.6) is 0 Å². The van der Waals surface area contributed by atoms with Gasteiger partial charge in [-0.1, -0.05) is 62.4 Å². The van der Waals surface area contributed by atoms with Crippen molar-refractivity contribution in [2.24, 2.45) is 23.2 Å². The van der Waals surface area contributed by atoms with Crippen molar-refractivity contribution in [3.63, 3.8) is 0 Å². The van der Waals surface area contributed by atoms with Gasteiger partial charge in [-0.2, -0.15) is 11.8 Å². The van der Waals surface area contributed by atoms with E-state index >= 15 is 0 Å². The van der Waals surface area contributed by atoms with Gasteiger partial charge in [-0.05, 0) is 134 Å². The summed E-state index contributed by atoms with van der Waals surface area (Å²) in [4.78, 5) is 28.1. The molecule has 2 bridgehead atoms. The van der Waals surface area contributed by atoms with Gasteiger partial charge >= 0.3 is 5.97 Å². The molecule has 3 unspecified atom stereocenters. The molecule has 240 valence electrons. The maximum atomic E-state index is 13.6. The molecule has 1 amide bonds. The monoisotopic (exact) mass is 626 g/mol. The second kappa shape index (κ2) is 14.9. The van der Waals surface area contributed by atoms with Crippen molar-refractivity contribution in [3.8, 4) is 11.1 Å². The number of aliphatic carboxylic acids is 1. The first kappa shape index (κ1) is 33.1. The molecule has 0 radical (unpaired) electrons. The lowest BCUT2D eigenvalue weighted by atomic mass is 9.55. The highest BCUT2D eigenvalue weighted by atomic mass is 32.2. The average molecular weight is 627 g/mol. The van der Waals surface area contributed by atoms with Crippen LogP contribution in [0.25, 0.3) is 11.1 Å². The highest BCUT2D eigenvalue weighted by molar-refractivity contribution is 7.98. The number of anilines is 1. The van der Waals surface area contributed by atoms with Gasteiger partial charge in [0.25, 0.3) is 5.91 Å². The number of benzene rings is 3. The molecule has 5 nitrogen and oxygen atoms in total. The Morgan fingerprint density at radius 3 is 2.31 bits per heavy atom. The van der Waals surface area contributed by atoms with E-state index in [1.165, 1.54) is 44.2 Å². The van der Waals surface area contributed by atoms with Crippen molar-refractivity contribution in [2.75, 3.05) is 23.5 Å². The Hall–Kier alpha value is -3.25. The minimum absolute atomic E-state index is 0.347. The summed E-state index contributed by atoms with van der Waals surface area (Å²) < 4.78 is 0. The molecule has 2 aliphatic rings. The first-order valence-electron chi connectivity index (χ1n) is 16.7. The summed E-state index contributed by atoms with van der Waals surface area (Å²) in [5, 5.41) is 12.6. The Morgan fingerprint density at radius 1 is 0.956 bits per heavy atom. The van der Waals surface area contributed by atoms with E-state index in [9.17, 15) is 14.7 Å². The second-order valence-corrected chi connectivity index (χ2v) is 15.0. The van der Waals surface area contributed by atoms with Gasteiger partial charge in [-0.15, -0.1) is 0 Å². The van der Waals surface area contributed by atoms with Gasteiger partial charge < -0.3 is 15.3 Å². The molecule has 2 fully saturated rings. The minimum Gasteiger partial charge on any atom is -0.480 e. The predicted molar refractivity (Wildman–Crippen MR) is 188 cm³/mol. The first-order valence-corrected chi connectivity index (χ1v) is 18.1. The second-order valence-electron chi connectivity index (χ2n) is 14.0. The summed E-state index contributed by atoms with van der Waals surface area (Å²) in [6.45, 7) is 8.70. The standard InChI is InChI=1S/C39H50N2O3S/c1-27-20-31-21-28(2)24-39(23-27,25-31)17-18-41(32-11-6-5-7-12-32)26-30-14-15-34(35(22-30)33-13-9-8-10-29(33)3)37(42)40-36(38(43)44)16-19-45-4/h5-15,22,27-28,31,36H,16-21,23-26H2,1-4H3,(H,40,42)(H,43,44). The lowest BCUT2D eigenvalue weighted by Gasteiger charge is -2.51. The molecule has 0 heterocycles. The number of hydrogen-bond acceptors (Lipinski definition) is 4. The van der Waals surface area contributed by atoms with E-state index in [1.54, 1.807) is 11.8 Å². The minimum atomic E-state index is -1.00. The molecule has 0 aromatic heterocycles. The largest absolute Gasteiger partial charge is 0.480 e. The van der Waals surface area contributed by atoms with Crippen molar-refractivity contribution >= 4 is 29.3 Å². The van der Waals surface area contributed by atoms with Crippen molar-refractivity contribution in [1.29, 1.82) is 0 Å². The molecule has 6 heteroatoms. The normalized spacial score (nSPS) is 23.2. The topological polar surface area (TPSA) is 69.6 Å². The maximum Gasteiger partial charge on any atom is 0.326 e. The van der Waals surface area contributed by atoms with Crippen molar-refractivity contribution < 1.29 is 14.7 Å². The Balaban J connectivity index is 1.44. The molecular weight excluding hydrogens is 577 g/mol. The number of amides is 1. The summed E-state index contributed by atoms with van der Waals surface area (Å²) in [7, 11) is 0. The van der Waals surface area contributed by atoms with E-state index < -0.39 is 12.0 Å². The van der Waals surface area contributed by atoms with E-state index in [4.69, 9.17) is 0 Å². The van der Waals surface area contributed by atoms with E-state index in [-0.39, 0.29) is 5.91 Å². The van der Waals surface area contributed by atoms with Crippen LogP contribution in [0.2, 0.25) is 0 Å². The van der Waals surface area contributed by atoms with Crippen LogP contribution < -0.4 is 10.2 Å². The van der Waals surface area contributed by atoms with E-state index in [0.717, 1.165) is 53.1 Å². The number of thioether (sulfide) groups is 1. The van der Waals surface area contributed by atoms with Gasteiger partial charge in [-0.25, -0.2) is 4.79 Å². The van der Waals surface area contributed by atoms with E-state index in [1.807, 2.05) is 36.6 Å². The number of carbonyl (C=O) groups excluding carboxylic acids is 1. The molecule has 0 spiro atoms. The highest BCUT2D eigenvalue weighted by Gasteiger charge is 2.44. The van der Waals surface area contributed by atoms with E-state index in [2.05, 4.69) is 73.5 Å². The summed E-state index contributed by atoms with van der Waals surface area (Å²) >= 11 is 1.58. The van der Waals surface area contributed by atoms with Crippen LogP contribution in [0.3, 0.4) is 0 Å². The number of nitrogens with zero attached hydrogens (tertiary/aromatic N) is 1. The third kappa shape index (κ3) is 8.32. The average Bonchev–Trinajstić information content (AvgIpc) is 3.01. The Labute approximate surface area is 274 Å². The number of carboxylic acids is 1.